The lowest BCUT2D eigenvalue weighted by molar-refractivity contribution is -0.0941. The standard InChI is InChI=1S/C19H25F3N2O2S/c1-14-18(19(20,21)22)13-23(12-15-7-4-3-5-8-15)24(14)16-9-6-10-17(11-16)27(2,25)26/h6,9-11,15H,3-5,7-8,12-13H2,1-2H3. The maximum atomic E-state index is 13.5. The highest BCUT2D eigenvalue weighted by atomic mass is 32.2. The monoisotopic (exact) mass is 402 g/mol. The van der Waals surface area contributed by atoms with Gasteiger partial charge in [-0.2, -0.15) is 13.2 Å². The van der Waals surface area contributed by atoms with Gasteiger partial charge in [-0.05, 0) is 43.9 Å². The number of hydrazine groups is 1. The number of hydrogen-bond acceptors (Lipinski definition) is 4. The van der Waals surface area contributed by atoms with Crippen LogP contribution >= 0.6 is 0 Å². The summed E-state index contributed by atoms with van der Waals surface area (Å²) < 4.78 is 64.3. The summed E-state index contributed by atoms with van der Waals surface area (Å²) in [5.41, 5.74) is -0.00230. The number of rotatable bonds is 4. The third-order valence-corrected chi connectivity index (χ3v) is 6.51. The molecule has 8 heteroatoms. The second kappa shape index (κ2) is 7.47. The molecule has 0 radical (unpaired) electrons. The summed E-state index contributed by atoms with van der Waals surface area (Å²) >= 11 is 0. The number of alkyl halides is 3. The van der Waals surface area contributed by atoms with Gasteiger partial charge >= 0.3 is 6.18 Å². The minimum atomic E-state index is -4.40. The Labute approximate surface area is 158 Å². The van der Waals surface area contributed by atoms with Gasteiger partial charge in [-0.15, -0.1) is 0 Å². The largest absolute Gasteiger partial charge is 0.415 e. The fourth-order valence-electron chi connectivity index (χ4n) is 4.02. The molecule has 27 heavy (non-hydrogen) atoms. The average Bonchev–Trinajstić information content (AvgIpc) is 2.91. The summed E-state index contributed by atoms with van der Waals surface area (Å²) in [6, 6.07) is 6.14. The first-order valence-electron chi connectivity index (χ1n) is 9.19. The van der Waals surface area contributed by atoms with Gasteiger partial charge in [0.15, 0.2) is 9.84 Å². The molecular formula is C19H25F3N2O2S. The molecule has 2 aliphatic rings. The van der Waals surface area contributed by atoms with Crippen LogP contribution < -0.4 is 5.01 Å². The van der Waals surface area contributed by atoms with Crippen LogP contribution in [-0.2, 0) is 9.84 Å². The van der Waals surface area contributed by atoms with Crippen LogP contribution in [0.25, 0.3) is 0 Å². The SMILES string of the molecule is CC1=C(C(F)(F)F)CN(CC2CCCCC2)N1c1cccc(S(C)(=O)=O)c1. The molecule has 0 spiro atoms. The van der Waals surface area contributed by atoms with Gasteiger partial charge in [0.2, 0.25) is 0 Å². The molecule has 0 N–H and O–H groups in total. The van der Waals surface area contributed by atoms with Crippen molar-refractivity contribution in [1.82, 2.24) is 5.01 Å². The average molecular weight is 402 g/mol. The molecule has 1 saturated carbocycles. The van der Waals surface area contributed by atoms with Gasteiger partial charge in [0, 0.05) is 18.5 Å². The minimum Gasteiger partial charge on any atom is -0.278 e. The zero-order chi connectivity index (χ0) is 19.8. The van der Waals surface area contributed by atoms with Gasteiger partial charge in [0.25, 0.3) is 0 Å². The molecule has 1 aromatic carbocycles. The topological polar surface area (TPSA) is 40.6 Å². The van der Waals surface area contributed by atoms with Gasteiger partial charge in [-0.3, -0.25) is 5.01 Å². The van der Waals surface area contributed by atoms with Crippen molar-refractivity contribution in [3.05, 3.63) is 35.5 Å². The van der Waals surface area contributed by atoms with Crippen molar-refractivity contribution in [2.24, 2.45) is 5.92 Å². The van der Waals surface area contributed by atoms with Crippen LogP contribution in [0.3, 0.4) is 0 Å². The molecule has 0 unspecified atom stereocenters. The first kappa shape index (κ1) is 20.2. The Hall–Kier alpha value is -1.54. The number of hydrogen-bond donors (Lipinski definition) is 0. The number of halogens is 3. The summed E-state index contributed by atoms with van der Waals surface area (Å²) in [7, 11) is -3.44. The van der Waals surface area contributed by atoms with E-state index in [1.54, 1.807) is 22.2 Å². The van der Waals surface area contributed by atoms with Crippen molar-refractivity contribution < 1.29 is 21.6 Å². The van der Waals surface area contributed by atoms with Crippen molar-refractivity contribution in [3.8, 4) is 0 Å². The van der Waals surface area contributed by atoms with Crippen molar-refractivity contribution in [2.45, 2.75) is 50.1 Å². The molecule has 1 fully saturated rings. The van der Waals surface area contributed by atoms with E-state index in [9.17, 15) is 21.6 Å². The zero-order valence-electron chi connectivity index (χ0n) is 15.6. The third kappa shape index (κ3) is 4.48. The van der Waals surface area contributed by atoms with Crippen LogP contribution in [0.1, 0.15) is 39.0 Å². The van der Waals surface area contributed by atoms with Crippen molar-refractivity contribution in [1.29, 1.82) is 0 Å². The Bertz CT molecular complexity index is 828. The molecule has 1 heterocycles. The molecule has 0 aromatic heterocycles. The molecule has 0 bridgehead atoms. The van der Waals surface area contributed by atoms with E-state index in [0.29, 0.717) is 18.2 Å². The van der Waals surface area contributed by atoms with Gasteiger partial charge in [0.05, 0.1) is 22.7 Å². The summed E-state index contributed by atoms with van der Waals surface area (Å²) in [6.07, 6.45) is 2.14. The molecule has 0 atom stereocenters. The van der Waals surface area contributed by atoms with E-state index in [1.807, 2.05) is 0 Å². The number of sulfone groups is 1. The predicted octanol–water partition coefficient (Wildman–Crippen LogP) is 4.54. The first-order chi connectivity index (χ1) is 12.6. The molecule has 0 saturated heterocycles. The maximum Gasteiger partial charge on any atom is 0.415 e. The maximum absolute atomic E-state index is 13.5. The molecule has 1 aliphatic carbocycles. The third-order valence-electron chi connectivity index (χ3n) is 5.40. The first-order valence-corrected chi connectivity index (χ1v) is 11.1. The van der Waals surface area contributed by atoms with E-state index in [2.05, 4.69) is 0 Å². The smallest absolute Gasteiger partial charge is 0.278 e. The van der Waals surface area contributed by atoms with Gasteiger partial charge in [-0.25, -0.2) is 13.4 Å². The number of anilines is 1. The van der Waals surface area contributed by atoms with E-state index in [0.717, 1.165) is 31.9 Å². The van der Waals surface area contributed by atoms with Crippen molar-refractivity contribution in [2.75, 3.05) is 24.4 Å². The number of benzene rings is 1. The Balaban J connectivity index is 1.97. The van der Waals surface area contributed by atoms with Crippen molar-refractivity contribution >= 4 is 15.5 Å². The highest BCUT2D eigenvalue weighted by Gasteiger charge is 2.43. The second-order valence-corrected chi connectivity index (χ2v) is 9.51. The van der Waals surface area contributed by atoms with E-state index in [4.69, 9.17) is 0 Å². The van der Waals surface area contributed by atoms with Gasteiger partial charge < -0.3 is 0 Å². The van der Waals surface area contributed by atoms with Gasteiger partial charge in [0.1, 0.15) is 0 Å². The van der Waals surface area contributed by atoms with Crippen LogP contribution in [0.5, 0.6) is 0 Å². The van der Waals surface area contributed by atoms with E-state index in [1.165, 1.54) is 25.5 Å². The zero-order valence-corrected chi connectivity index (χ0v) is 16.4. The Morgan fingerprint density at radius 3 is 2.41 bits per heavy atom. The fraction of sp³-hybridized carbons (Fsp3) is 0.579. The lowest BCUT2D eigenvalue weighted by Gasteiger charge is -2.35. The molecule has 1 aromatic rings. The Morgan fingerprint density at radius 1 is 1.15 bits per heavy atom. The lowest BCUT2D eigenvalue weighted by Crippen LogP contribution is -2.41. The van der Waals surface area contributed by atoms with E-state index >= 15 is 0 Å². The van der Waals surface area contributed by atoms with Crippen LogP contribution in [0.4, 0.5) is 18.9 Å². The highest BCUT2D eigenvalue weighted by molar-refractivity contribution is 7.90. The van der Waals surface area contributed by atoms with Crippen LogP contribution in [-0.4, -0.2) is 38.9 Å². The summed E-state index contributed by atoms with van der Waals surface area (Å²) in [5, 5.41) is 3.27. The van der Waals surface area contributed by atoms with E-state index in [-0.39, 0.29) is 17.1 Å². The molecule has 0 amide bonds. The lowest BCUT2D eigenvalue weighted by atomic mass is 9.89. The number of allylic oxidation sites excluding steroid dienone is 1. The fourth-order valence-corrected chi connectivity index (χ4v) is 4.68. The number of nitrogens with zero attached hydrogens (tertiary/aromatic N) is 2. The molecule has 4 nitrogen and oxygen atoms in total. The summed E-state index contributed by atoms with van der Waals surface area (Å²) in [4.78, 5) is 0.103. The second-order valence-electron chi connectivity index (χ2n) is 7.49. The Kier molecular flexibility index (Phi) is 5.59. The quantitative estimate of drug-likeness (QED) is 0.741. The summed E-state index contributed by atoms with van der Waals surface area (Å²) in [6.45, 7) is 1.80. The van der Waals surface area contributed by atoms with E-state index < -0.39 is 21.6 Å². The Morgan fingerprint density at radius 2 is 1.81 bits per heavy atom. The van der Waals surface area contributed by atoms with Crippen LogP contribution in [0.15, 0.2) is 40.4 Å². The molecule has 1 aliphatic heterocycles. The molecular weight excluding hydrogens is 377 g/mol. The molecule has 150 valence electrons. The normalized spacial score (nSPS) is 20.6. The highest BCUT2D eigenvalue weighted by Crippen LogP contribution is 2.39. The van der Waals surface area contributed by atoms with Crippen LogP contribution in [0, 0.1) is 5.92 Å². The van der Waals surface area contributed by atoms with Crippen molar-refractivity contribution in [3.63, 3.8) is 0 Å². The van der Waals surface area contributed by atoms with Crippen LogP contribution in [0.2, 0.25) is 0 Å². The summed E-state index contributed by atoms with van der Waals surface area (Å²) in [5.74, 6) is 0.361. The minimum absolute atomic E-state index is 0.103. The predicted molar refractivity (Wildman–Crippen MR) is 98.9 cm³/mol. The molecule has 3 rings (SSSR count). The van der Waals surface area contributed by atoms with Gasteiger partial charge in [-0.1, -0.05) is 25.3 Å².